The van der Waals surface area contributed by atoms with Crippen molar-refractivity contribution in [2.24, 2.45) is 0 Å². The van der Waals surface area contributed by atoms with E-state index in [1.165, 1.54) is 11.1 Å². The SMILES string of the molecule is CCNCc1cc(Br)cc2c1OCC2. The largest absolute Gasteiger partial charge is 0.493 e. The predicted octanol–water partition coefficient (Wildman–Crippen LogP) is 2.49. The van der Waals surface area contributed by atoms with E-state index in [-0.39, 0.29) is 0 Å². The zero-order valence-corrected chi connectivity index (χ0v) is 9.86. The zero-order chi connectivity index (χ0) is 9.97. The van der Waals surface area contributed by atoms with E-state index in [4.69, 9.17) is 4.74 Å². The lowest BCUT2D eigenvalue weighted by Gasteiger charge is -2.09. The van der Waals surface area contributed by atoms with Gasteiger partial charge in [-0.05, 0) is 24.2 Å². The summed E-state index contributed by atoms with van der Waals surface area (Å²) in [5, 5.41) is 3.32. The molecule has 0 fully saturated rings. The number of rotatable bonds is 3. The monoisotopic (exact) mass is 255 g/mol. The number of halogens is 1. The van der Waals surface area contributed by atoms with Gasteiger partial charge in [0.1, 0.15) is 5.75 Å². The van der Waals surface area contributed by atoms with Crippen LogP contribution >= 0.6 is 15.9 Å². The molecule has 2 nitrogen and oxygen atoms in total. The first-order valence-electron chi connectivity index (χ1n) is 4.96. The van der Waals surface area contributed by atoms with Crippen LogP contribution in [0.2, 0.25) is 0 Å². The molecule has 1 heterocycles. The van der Waals surface area contributed by atoms with E-state index in [1.807, 2.05) is 0 Å². The zero-order valence-electron chi connectivity index (χ0n) is 8.27. The summed E-state index contributed by atoms with van der Waals surface area (Å²) < 4.78 is 6.77. The highest BCUT2D eigenvalue weighted by Crippen LogP contribution is 2.32. The summed E-state index contributed by atoms with van der Waals surface area (Å²) in [5.74, 6) is 1.09. The maximum absolute atomic E-state index is 5.62. The molecule has 3 heteroatoms. The highest BCUT2D eigenvalue weighted by molar-refractivity contribution is 9.10. The summed E-state index contributed by atoms with van der Waals surface area (Å²) in [4.78, 5) is 0. The summed E-state index contributed by atoms with van der Waals surface area (Å²) in [6.07, 6.45) is 1.04. The van der Waals surface area contributed by atoms with Crippen LogP contribution in [0.1, 0.15) is 18.1 Å². The molecular weight excluding hydrogens is 242 g/mol. The first-order valence-corrected chi connectivity index (χ1v) is 5.75. The highest BCUT2D eigenvalue weighted by Gasteiger charge is 2.16. The van der Waals surface area contributed by atoms with E-state index in [0.717, 1.165) is 36.3 Å². The quantitative estimate of drug-likeness (QED) is 0.897. The lowest BCUT2D eigenvalue weighted by Crippen LogP contribution is -2.12. The molecule has 0 atom stereocenters. The fraction of sp³-hybridized carbons (Fsp3) is 0.455. The molecule has 2 rings (SSSR count). The standard InChI is InChI=1S/C11H14BrNO/c1-2-13-7-9-6-10(12)5-8-3-4-14-11(8)9/h5-6,13H,2-4,7H2,1H3. The van der Waals surface area contributed by atoms with Crippen LogP contribution in [0.15, 0.2) is 16.6 Å². The Labute approximate surface area is 92.8 Å². The second kappa shape index (κ2) is 4.32. The molecule has 0 radical (unpaired) electrons. The van der Waals surface area contributed by atoms with E-state index < -0.39 is 0 Å². The van der Waals surface area contributed by atoms with Gasteiger partial charge in [0.2, 0.25) is 0 Å². The van der Waals surface area contributed by atoms with Gasteiger partial charge in [-0.2, -0.15) is 0 Å². The van der Waals surface area contributed by atoms with E-state index in [1.54, 1.807) is 0 Å². The topological polar surface area (TPSA) is 21.3 Å². The van der Waals surface area contributed by atoms with E-state index in [2.05, 4.69) is 40.3 Å². The van der Waals surface area contributed by atoms with Gasteiger partial charge in [-0.15, -0.1) is 0 Å². The van der Waals surface area contributed by atoms with E-state index in [9.17, 15) is 0 Å². The summed E-state index contributed by atoms with van der Waals surface area (Å²) >= 11 is 3.52. The van der Waals surface area contributed by atoms with Crippen LogP contribution in [0.5, 0.6) is 5.75 Å². The normalized spacial score (nSPS) is 13.9. The Morgan fingerprint density at radius 2 is 2.36 bits per heavy atom. The summed E-state index contributed by atoms with van der Waals surface area (Å²) in [5.41, 5.74) is 2.58. The number of nitrogens with one attached hydrogen (secondary N) is 1. The summed E-state index contributed by atoms with van der Waals surface area (Å²) in [6.45, 7) is 4.81. The molecular formula is C11H14BrNO. The first-order chi connectivity index (χ1) is 6.81. The molecule has 14 heavy (non-hydrogen) atoms. The minimum absolute atomic E-state index is 0.824. The van der Waals surface area contributed by atoms with Gasteiger partial charge in [0.05, 0.1) is 6.61 Å². The van der Waals surface area contributed by atoms with Gasteiger partial charge in [-0.25, -0.2) is 0 Å². The average molecular weight is 256 g/mol. The number of hydrogen-bond donors (Lipinski definition) is 1. The van der Waals surface area contributed by atoms with Crippen molar-refractivity contribution in [2.45, 2.75) is 19.9 Å². The molecule has 1 N–H and O–H groups in total. The van der Waals surface area contributed by atoms with E-state index >= 15 is 0 Å². The van der Waals surface area contributed by atoms with Crippen LogP contribution in [0.25, 0.3) is 0 Å². The maximum Gasteiger partial charge on any atom is 0.127 e. The van der Waals surface area contributed by atoms with Crippen molar-refractivity contribution >= 4 is 15.9 Å². The Morgan fingerprint density at radius 1 is 1.50 bits per heavy atom. The molecule has 0 unspecified atom stereocenters. The minimum atomic E-state index is 0.824. The molecule has 0 spiro atoms. The molecule has 0 bridgehead atoms. The lowest BCUT2D eigenvalue weighted by atomic mass is 10.1. The van der Waals surface area contributed by atoms with Gasteiger partial charge >= 0.3 is 0 Å². The number of hydrogen-bond acceptors (Lipinski definition) is 2. The van der Waals surface area contributed by atoms with E-state index in [0.29, 0.717) is 0 Å². The highest BCUT2D eigenvalue weighted by atomic mass is 79.9. The average Bonchev–Trinajstić information content (AvgIpc) is 2.61. The van der Waals surface area contributed by atoms with Crippen molar-refractivity contribution in [3.05, 3.63) is 27.7 Å². The van der Waals surface area contributed by atoms with Crippen molar-refractivity contribution in [3.63, 3.8) is 0 Å². The van der Waals surface area contributed by atoms with Gasteiger partial charge in [0.15, 0.2) is 0 Å². The Bertz CT molecular complexity index is 338. The van der Waals surface area contributed by atoms with Crippen molar-refractivity contribution in [2.75, 3.05) is 13.2 Å². The molecule has 1 aromatic rings. The lowest BCUT2D eigenvalue weighted by molar-refractivity contribution is 0.352. The molecule has 0 aromatic heterocycles. The van der Waals surface area contributed by atoms with Gasteiger partial charge in [-0.1, -0.05) is 22.9 Å². The minimum Gasteiger partial charge on any atom is -0.493 e. The Kier molecular flexibility index (Phi) is 3.08. The fourth-order valence-corrected chi connectivity index (χ4v) is 2.29. The number of benzene rings is 1. The Morgan fingerprint density at radius 3 is 3.14 bits per heavy atom. The first kappa shape index (κ1) is 9.99. The van der Waals surface area contributed by atoms with Crippen molar-refractivity contribution in [1.29, 1.82) is 0 Å². The second-order valence-corrected chi connectivity index (χ2v) is 4.35. The van der Waals surface area contributed by atoms with Gasteiger partial charge in [0, 0.05) is 23.0 Å². The Hall–Kier alpha value is -0.540. The molecule has 1 aromatic carbocycles. The fourth-order valence-electron chi connectivity index (χ4n) is 1.74. The summed E-state index contributed by atoms with van der Waals surface area (Å²) in [7, 11) is 0. The molecule has 1 aliphatic rings. The smallest absolute Gasteiger partial charge is 0.127 e. The molecule has 0 amide bonds. The van der Waals surface area contributed by atoms with Crippen molar-refractivity contribution in [1.82, 2.24) is 5.32 Å². The van der Waals surface area contributed by atoms with Gasteiger partial charge in [-0.3, -0.25) is 0 Å². The van der Waals surface area contributed by atoms with Crippen molar-refractivity contribution in [3.8, 4) is 5.75 Å². The third kappa shape index (κ3) is 1.93. The number of fused-ring (bicyclic) bond motifs is 1. The molecule has 0 aliphatic carbocycles. The van der Waals surface area contributed by atoms with Crippen LogP contribution < -0.4 is 10.1 Å². The third-order valence-corrected chi connectivity index (χ3v) is 2.85. The van der Waals surface area contributed by atoms with Gasteiger partial charge in [0.25, 0.3) is 0 Å². The predicted molar refractivity (Wildman–Crippen MR) is 60.7 cm³/mol. The van der Waals surface area contributed by atoms with Crippen LogP contribution in [0.3, 0.4) is 0 Å². The third-order valence-electron chi connectivity index (χ3n) is 2.39. The number of ether oxygens (including phenoxy) is 1. The van der Waals surface area contributed by atoms with Crippen LogP contribution in [0.4, 0.5) is 0 Å². The summed E-state index contributed by atoms with van der Waals surface area (Å²) in [6, 6.07) is 4.28. The molecule has 0 saturated carbocycles. The molecule has 1 aliphatic heterocycles. The van der Waals surface area contributed by atoms with Crippen LogP contribution in [-0.2, 0) is 13.0 Å². The molecule has 76 valence electrons. The van der Waals surface area contributed by atoms with Crippen LogP contribution in [0, 0.1) is 0 Å². The van der Waals surface area contributed by atoms with Crippen molar-refractivity contribution < 1.29 is 4.74 Å². The van der Waals surface area contributed by atoms with Gasteiger partial charge < -0.3 is 10.1 Å². The Balaban J connectivity index is 2.29. The van der Waals surface area contributed by atoms with Crippen LogP contribution in [-0.4, -0.2) is 13.2 Å². The maximum atomic E-state index is 5.62. The molecule has 0 saturated heterocycles. The second-order valence-electron chi connectivity index (χ2n) is 3.43.